The summed E-state index contributed by atoms with van der Waals surface area (Å²) < 4.78 is 0. The van der Waals surface area contributed by atoms with E-state index in [9.17, 15) is 4.79 Å². The van der Waals surface area contributed by atoms with Gasteiger partial charge in [0.1, 0.15) is 6.29 Å². The first-order valence-corrected chi connectivity index (χ1v) is 7.45. The summed E-state index contributed by atoms with van der Waals surface area (Å²) in [6, 6.07) is 25.9. The zero-order chi connectivity index (χ0) is 16.1. The van der Waals surface area contributed by atoms with Gasteiger partial charge in [-0.25, -0.2) is 0 Å². The fraction of sp³-hybridized carbons (Fsp3) is 0. The van der Waals surface area contributed by atoms with Gasteiger partial charge in [-0.15, -0.1) is 0 Å². The van der Waals surface area contributed by atoms with Gasteiger partial charge in [-0.2, -0.15) is 0 Å². The second-order valence-corrected chi connectivity index (χ2v) is 5.18. The molecule has 2 heteroatoms. The molecule has 0 N–H and O–H groups in total. The van der Waals surface area contributed by atoms with Gasteiger partial charge in [-0.05, 0) is 54.1 Å². The second-order valence-electron chi connectivity index (χ2n) is 5.18. The number of anilines is 3. The number of hydrogen-bond donors (Lipinski definition) is 0. The zero-order valence-electron chi connectivity index (χ0n) is 12.7. The van der Waals surface area contributed by atoms with Gasteiger partial charge in [0.15, 0.2) is 0 Å². The van der Waals surface area contributed by atoms with E-state index >= 15 is 0 Å². The summed E-state index contributed by atoms with van der Waals surface area (Å²) >= 11 is 0. The van der Waals surface area contributed by atoms with Crippen LogP contribution < -0.4 is 4.90 Å². The number of nitrogens with zero attached hydrogens (tertiary/aromatic N) is 1. The summed E-state index contributed by atoms with van der Waals surface area (Å²) in [5, 5.41) is 0. The van der Waals surface area contributed by atoms with Gasteiger partial charge in [0.05, 0.1) is 0 Å². The summed E-state index contributed by atoms with van der Waals surface area (Å²) in [5.41, 5.74) is 4.84. The number of rotatable bonds is 5. The van der Waals surface area contributed by atoms with Crippen molar-refractivity contribution < 1.29 is 4.79 Å². The normalized spacial score (nSPS) is 10.1. The van der Waals surface area contributed by atoms with Crippen LogP contribution in [-0.2, 0) is 0 Å². The molecule has 0 aliphatic carbocycles. The van der Waals surface area contributed by atoms with Crippen LogP contribution in [0.25, 0.3) is 6.08 Å². The third-order valence-electron chi connectivity index (χ3n) is 3.67. The molecule has 0 fully saturated rings. The molecule has 23 heavy (non-hydrogen) atoms. The van der Waals surface area contributed by atoms with Crippen LogP contribution in [-0.4, -0.2) is 6.29 Å². The molecule has 0 saturated carbocycles. The fourth-order valence-electron chi connectivity index (χ4n) is 2.52. The van der Waals surface area contributed by atoms with Crippen molar-refractivity contribution in [1.29, 1.82) is 0 Å². The zero-order valence-corrected chi connectivity index (χ0v) is 12.7. The summed E-state index contributed by atoms with van der Waals surface area (Å²) in [6.07, 6.45) is 2.69. The minimum Gasteiger partial charge on any atom is -0.310 e. The maximum absolute atomic E-state index is 10.9. The average Bonchev–Trinajstić information content (AvgIpc) is 2.64. The quantitative estimate of drug-likeness (QED) is 0.570. The highest BCUT2D eigenvalue weighted by Gasteiger charge is 2.12. The van der Waals surface area contributed by atoms with Crippen LogP contribution in [0.15, 0.2) is 85.4 Å². The predicted octanol–water partition coefficient (Wildman–Crippen LogP) is 5.61. The molecule has 2 nitrogen and oxygen atoms in total. The molecular formula is C21H17NO. The number of hydrogen-bond acceptors (Lipinski definition) is 2. The number of carbonyl (C=O) groups is 1. The third-order valence-corrected chi connectivity index (χ3v) is 3.67. The van der Waals surface area contributed by atoms with Crippen molar-refractivity contribution in [3.8, 4) is 0 Å². The van der Waals surface area contributed by atoms with E-state index in [1.165, 1.54) is 0 Å². The van der Waals surface area contributed by atoms with E-state index in [2.05, 4.69) is 35.7 Å². The Balaban J connectivity index is 2.13. The molecule has 0 spiro atoms. The van der Waals surface area contributed by atoms with Gasteiger partial charge < -0.3 is 4.90 Å². The van der Waals surface area contributed by atoms with Crippen molar-refractivity contribution in [3.63, 3.8) is 0 Å². The molecule has 3 rings (SSSR count). The predicted molar refractivity (Wildman–Crippen MR) is 96.6 cm³/mol. The Kier molecular flexibility index (Phi) is 4.34. The Labute approximate surface area is 136 Å². The van der Waals surface area contributed by atoms with Gasteiger partial charge in [0, 0.05) is 22.6 Å². The molecule has 0 saturated heterocycles. The molecule has 0 atom stereocenters. The molecule has 0 aliphatic heterocycles. The molecule has 0 bridgehead atoms. The van der Waals surface area contributed by atoms with Crippen LogP contribution in [0.2, 0.25) is 0 Å². The van der Waals surface area contributed by atoms with E-state index in [0.29, 0.717) is 5.56 Å². The van der Waals surface area contributed by atoms with E-state index in [0.717, 1.165) is 28.9 Å². The molecule has 0 heterocycles. The topological polar surface area (TPSA) is 20.3 Å². The van der Waals surface area contributed by atoms with Crippen molar-refractivity contribution in [2.24, 2.45) is 0 Å². The lowest BCUT2D eigenvalue weighted by atomic mass is 10.1. The Hall–Kier alpha value is -3.13. The van der Waals surface area contributed by atoms with E-state index in [4.69, 9.17) is 0 Å². The monoisotopic (exact) mass is 299 g/mol. The van der Waals surface area contributed by atoms with Crippen molar-refractivity contribution in [2.45, 2.75) is 0 Å². The maximum Gasteiger partial charge on any atom is 0.150 e. The molecule has 3 aromatic carbocycles. The van der Waals surface area contributed by atoms with E-state index < -0.39 is 0 Å². The minimum atomic E-state index is 0.668. The lowest BCUT2D eigenvalue weighted by Gasteiger charge is -2.25. The third kappa shape index (κ3) is 3.22. The van der Waals surface area contributed by atoms with Crippen molar-refractivity contribution in [3.05, 3.63) is 96.6 Å². The van der Waals surface area contributed by atoms with E-state index in [1.807, 2.05) is 60.7 Å². The number of carbonyl (C=O) groups excluding carboxylic acids is 1. The van der Waals surface area contributed by atoms with Crippen LogP contribution in [0.1, 0.15) is 15.9 Å². The smallest absolute Gasteiger partial charge is 0.150 e. The largest absolute Gasteiger partial charge is 0.310 e. The van der Waals surface area contributed by atoms with Gasteiger partial charge in [-0.1, -0.05) is 43.0 Å². The molecule has 0 aliphatic rings. The first-order valence-electron chi connectivity index (χ1n) is 7.45. The maximum atomic E-state index is 10.9. The lowest BCUT2D eigenvalue weighted by molar-refractivity contribution is 0.112. The summed E-state index contributed by atoms with van der Waals surface area (Å²) in [6.45, 7) is 3.84. The van der Waals surface area contributed by atoms with Gasteiger partial charge >= 0.3 is 0 Å². The van der Waals surface area contributed by atoms with Crippen molar-refractivity contribution in [2.75, 3.05) is 4.90 Å². The molecule has 3 aromatic rings. The Bertz CT molecular complexity index is 807. The van der Waals surface area contributed by atoms with Gasteiger partial charge in [-0.3, -0.25) is 4.79 Å². The van der Waals surface area contributed by atoms with Crippen molar-refractivity contribution >= 4 is 29.4 Å². The lowest BCUT2D eigenvalue weighted by Crippen LogP contribution is -2.09. The molecular weight excluding hydrogens is 282 g/mol. The van der Waals surface area contributed by atoms with E-state index in [1.54, 1.807) is 0 Å². The molecule has 112 valence electrons. The van der Waals surface area contributed by atoms with Crippen molar-refractivity contribution in [1.82, 2.24) is 0 Å². The Morgan fingerprint density at radius 2 is 1.35 bits per heavy atom. The van der Waals surface area contributed by atoms with Gasteiger partial charge in [0.2, 0.25) is 0 Å². The summed E-state index contributed by atoms with van der Waals surface area (Å²) in [5.74, 6) is 0. The highest BCUT2D eigenvalue weighted by molar-refractivity contribution is 5.80. The summed E-state index contributed by atoms with van der Waals surface area (Å²) in [7, 11) is 0. The van der Waals surface area contributed by atoms with E-state index in [-0.39, 0.29) is 0 Å². The molecule has 0 unspecified atom stereocenters. The highest BCUT2D eigenvalue weighted by atomic mass is 16.1. The fourth-order valence-corrected chi connectivity index (χ4v) is 2.52. The molecule has 0 aromatic heterocycles. The minimum absolute atomic E-state index is 0.668. The number of benzene rings is 3. The SMILES string of the molecule is C=Cc1cccc(N(c2ccccc2)c2ccc(C=O)cc2)c1. The first-order chi connectivity index (χ1) is 11.3. The molecule has 0 radical (unpaired) electrons. The van der Waals surface area contributed by atoms with Crippen LogP contribution in [0.3, 0.4) is 0 Å². The number of aldehydes is 1. The van der Waals surface area contributed by atoms with Crippen LogP contribution in [0.4, 0.5) is 17.1 Å². The van der Waals surface area contributed by atoms with Crippen LogP contribution in [0.5, 0.6) is 0 Å². The Morgan fingerprint density at radius 3 is 2.00 bits per heavy atom. The highest BCUT2D eigenvalue weighted by Crippen LogP contribution is 2.34. The number of para-hydroxylation sites is 1. The van der Waals surface area contributed by atoms with Crippen LogP contribution in [0, 0.1) is 0 Å². The second kappa shape index (κ2) is 6.75. The van der Waals surface area contributed by atoms with Gasteiger partial charge in [0.25, 0.3) is 0 Å². The first kappa shape index (κ1) is 14.8. The molecule has 0 amide bonds. The standard InChI is InChI=1S/C21H17NO/c1-2-17-7-6-10-21(15-17)22(19-8-4-3-5-9-19)20-13-11-18(16-23)12-14-20/h2-16H,1H2. The van der Waals surface area contributed by atoms with Crippen LogP contribution >= 0.6 is 0 Å². The average molecular weight is 299 g/mol. The summed E-state index contributed by atoms with van der Waals surface area (Å²) in [4.78, 5) is 13.0. The Morgan fingerprint density at radius 1 is 0.696 bits per heavy atom.